The molecule has 1 saturated heterocycles. The summed E-state index contributed by atoms with van der Waals surface area (Å²) in [5.41, 5.74) is 1.18. The van der Waals surface area contributed by atoms with Crippen LogP contribution in [0.15, 0.2) is 53.4 Å². The van der Waals surface area contributed by atoms with Crippen molar-refractivity contribution in [1.82, 2.24) is 9.88 Å². The second-order valence-corrected chi connectivity index (χ2v) is 10.6. The number of fused-ring (bicyclic) bond motifs is 1. The van der Waals surface area contributed by atoms with E-state index in [1.165, 1.54) is 23.5 Å². The van der Waals surface area contributed by atoms with Crippen LogP contribution in [0, 0.1) is 0 Å². The lowest BCUT2D eigenvalue weighted by molar-refractivity contribution is 0.0391. The Kier molecular flexibility index (Phi) is 6.66. The Labute approximate surface area is 186 Å². The number of rotatable bonds is 7. The van der Waals surface area contributed by atoms with Crippen LogP contribution in [0.1, 0.15) is 17.3 Å². The van der Waals surface area contributed by atoms with E-state index in [0.717, 1.165) is 23.3 Å². The van der Waals surface area contributed by atoms with Crippen LogP contribution < -0.4 is 4.90 Å². The summed E-state index contributed by atoms with van der Waals surface area (Å²) >= 11 is 1.46. The molecule has 31 heavy (non-hydrogen) atoms. The fourth-order valence-electron chi connectivity index (χ4n) is 3.47. The number of para-hydroxylation sites is 1. The molecule has 0 spiro atoms. The third kappa shape index (κ3) is 4.95. The summed E-state index contributed by atoms with van der Waals surface area (Å²) in [6.07, 6.45) is 0. The van der Waals surface area contributed by atoms with Crippen molar-refractivity contribution in [3.8, 4) is 0 Å². The molecule has 7 nitrogen and oxygen atoms in total. The van der Waals surface area contributed by atoms with E-state index in [-0.39, 0.29) is 16.6 Å². The number of hydrogen-bond acceptors (Lipinski definition) is 7. The first kappa shape index (κ1) is 21.9. The summed E-state index contributed by atoms with van der Waals surface area (Å²) in [5.74, 6) is -0.260. The number of nitrogens with zero attached hydrogens (tertiary/aromatic N) is 3. The molecule has 0 unspecified atom stereocenters. The predicted octanol–water partition coefficient (Wildman–Crippen LogP) is 3.07. The molecule has 9 heteroatoms. The number of benzene rings is 2. The molecule has 2 aromatic carbocycles. The number of morpholine rings is 1. The topological polar surface area (TPSA) is 79.8 Å². The van der Waals surface area contributed by atoms with E-state index in [1.807, 2.05) is 24.3 Å². The van der Waals surface area contributed by atoms with Crippen molar-refractivity contribution in [3.63, 3.8) is 0 Å². The van der Waals surface area contributed by atoms with Crippen LogP contribution in [0.5, 0.6) is 0 Å². The summed E-state index contributed by atoms with van der Waals surface area (Å²) in [7, 11) is -3.40. The monoisotopic (exact) mass is 459 g/mol. The molecule has 1 aliphatic heterocycles. The Balaban J connectivity index is 1.66. The van der Waals surface area contributed by atoms with Gasteiger partial charge in [0.05, 0.1) is 34.1 Å². The Bertz CT molecular complexity index is 1140. The van der Waals surface area contributed by atoms with Crippen LogP contribution in [0.3, 0.4) is 0 Å². The Morgan fingerprint density at radius 1 is 1.16 bits per heavy atom. The second kappa shape index (κ2) is 9.44. The SMILES string of the molecule is CCS(=O)(=O)c1cccc(C(=O)N(CCN2CCOCC2)c2nc3ccccc3s2)c1. The van der Waals surface area contributed by atoms with Crippen LogP contribution in [0.25, 0.3) is 10.2 Å². The maximum atomic E-state index is 13.5. The number of ether oxygens (including phenoxy) is 1. The molecule has 164 valence electrons. The molecule has 4 rings (SSSR count). The van der Waals surface area contributed by atoms with E-state index in [1.54, 1.807) is 24.0 Å². The van der Waals surface area contributed by atoms with E-state index in [0.29, 0.717) is 37.0 Å². The Morgan fingerprint density at radius 2 is 1.94 bits per heavy atom. The quantitative estimate of drug-likeness (QED) is 0.540. The van der Waals surface area contributed by atoms with Gasteiger partial charge in [-0.1, -0.05) is 36.5 Å². The molecule has 0 N–H and O–H groups in total. The minimum absolute atomic E-state index is 0.0107. The maximum absolute atomic E-state index is 13.5. The summed E-state index contributed by atoms with van der Waals surface area (Å²) < 4.78 is 31.0. The van der Waals surface area contributed by atoms with Crippen LogP contribution in [-0.4, -0.2) is 69.4 Å². The molecule has 0 saturated carbocycles. The zero-order chi connectivity index (χ0) is 21.8. The first-order chi connectivity index (χ1) is 15.0. The molecule has 1 fully saturated rings. The molecular weight excluding hydrogens is 434 g/mol. The average Bonchev–Trinajstić information content (AvgIpc) is 3.23. The van der Waals surface area contributed by atoms with Crippen molar-refractivity contribution in [1.29, 1.82) is 0 Å². The lowest BCUT2D eigenvalue weighted by atomic mass is 10.2. The summed E-state index contributed by atoms with van der Waals surface area (Å²) in [6.45, 7) is 5.77. The molecule has 3 aromatic rings. The van der Waals surface area contributed by atoms with E-state index in [2.05, 4.69) is 9.88 Å². The van der Waals surface area contributed by atoms with E-state index in [9.17, 15) is 13.2 Å². The lowest BCUT2D eigenvalue weighted by Crippen LogP contribution is -2.43. The normalized spacial score (nSPS) is 15.3. The number of anilines is 1. The van der Waals surface area contributed by atoms with E-state index >= 15 is 0 Å². The van der Waals surface area contributed by atoms with Gasteiger partial charge < -0.3 is 4.74 Å². The minimum atomic E-state index is -3.40. The Morgan fingerprint density at radius 3 is 2.68 bits per heavy atom. The highest BCUT2D eigenvalue weighted by atomic mass is 32.2. The molecule has 0 aliphatic carbocycles. The van der Waals surface area contributed by atoms with Crippen LogP contribution in [-0.2, 0) is 14.6 Å². The van der Waals surface area contributed by atoms with Gasteiger partial charge in [0.15, 0.2) is 15.0 Å². The average molecular weight is 460 g/mol. The lowest BCUT2D eigenvalue weighted by Gasteiger charge is -2.29. The highest BCUT2D eigenvalue weighted by Gasteiger charge is 2.24. The van der Waals surface area contributed by atoms with Gasteiger partial charge in [0.25, 0.3) is 5.91 Å². The third-order valence-corrected chi connectivity index (χ3v) is 8.11. The molecule has 0 bridgehead atoms. The number of carbonyl (C=O) groups excluding carboxylic acids is 1. The number of amides is 1. The highest BCUT2D eigenvalue weighted by Crippen LogP contribution is 2.30. The van der Waals surface area contributed by atoms with Gasteiger partial charge in [-0.05, 0) is 30.3 Å². The van der Waals surface area contributed by atoms with Gasteiger partial charge in [-0.15, -0.1) is 0 Å². The second-order valence-electron chi connectivity index (χ2n) is 7.31. The first-order valence-electron chi connectivity index (χ1n) is 10.3. The molecular formula is C22H25N3O4S2. The van der Waals surface area contributed by atoms with Crippen molar-refractivity contribution in [2.75, 3.05) is 50.0 Å². The van der Waals surface area contributed by atoms with Gasteiger partial charge in [0.2, 0.25) is 0 Å². The number of hydrogen-bond donors (Lipinski definition) is 0. The largest absolute Gasteiger partial charge is 0.379 e. The van der Waals surface area contributed by atoms with E-state index in [4.69, 9.17) is 4.74 Å². The zero-order valence-electron chi connectivity index (χ0n) is 17.4. The van der Waals surface area contributed by atoms with Gasteiger partial charge in [0.1, 0.15) is 0 Å². The standard InChI is InChI=1S/C22H25N3O4S2/c1-2-31(27,28)18-7-5-6-17(16-18)21(26)25(11-10-24-12-14-29-15-13-24)22-23-19-8-3-4-9-20(19)30-22/h3-9,16H,2,10-15H2,1H3. The van der Waals surface area contributed by atoms with Gasteiger partial charge in [0, 0.05) is 31.7 Å². The van der Waals surface area contributed by atoms with Gasteiger partial charge in [-0.25, -0.2) is 13.4 Å². The fourth-order valence-corrected chi connectivity index (χ4v) is 5.39. The van der Waals surface area contributed by atoms with Crippen LogP contribution in [0.4, 0.5) is 5.13 Å². The first-order valence-corrected chi connectivity index (χ1v) is 12.7. The number of carbonyl (C=O) groups is 1. The molecule has 1 aliphatic rings. The Hall–Kier alpha value is -2.33. The molecule has 2 heterocycles. The van der Waals surface area contributed by atoms with Crippen molar-refractivity contribution in [2.45, 2.75) is 11.8 Å². The number of thiazole rings is 1. The summed E-state index contributed by atoms with van der Waals surface area (Å²) in [6, 6.07) is 14.1. The summed E-state index contributed by atoms with van der Waals surface area (Å²) in [4.78, 5) is 22.3. The molecule has 1 amide bonds. The smallest absolute Gasteiger partial charge is 0.260 e. The van der Waals surface area contributed by atoms with E-state index < -0.39 is 9.84 Å². The molecule has 0 radical (unpaired) electrons. The van der Waals surface area contributed by atoms with Crippen molar-refractivity contribution >= 4 is 42.4 Å². The van der Waals surface area contributed by atoms with Gasteiger partial charge >= 0.3 is 0 Å². The predicted molar refractivity (Wildman–Crippen MR) is 123 cm³/mol. The van der Waals surface area contributed by atoms with Crippen molar-refractivity contribution in [2.24, 2.45) is 0 Å². The highest BCUT2D eigenvalue weighted by molar-refractivity contribution is 7.91. The fraction of sp³-hybridized carbons (Fsp3) is 0.364. The molecule has 0 atom stereocenters. The molecule has 1 aromatic heterocycles. The van der Waals surface area contributed by atoms with Crippen LogP contribution >= 0.6 is 11.3 Å². The summed E-state index contributed by atoms with van der Waals surface area (Å²) in [5, 5.41) is 0.614. The maximum Gasteiger partial charge on any atom is 0.260 e. The van der Waals surface area contributed by atoms with Gasteiger partial charge in [-0.3, -0.25) is 14.6 Å². The number of sulfone groups is 1. The van der Waals surface area contributed by atoms with Crippen molar-refractivity contribution < 1.29 is 17.9 Å². The van der Waals surface area contributed by atoms with Crippen LogP contribution in [0.2, 0.25) is 0 Å². The van der Waals surface area contributed by atoms with Crippen molar-refractivity contribution in [3.05, 3.63) is 54.1 Å². The number of aromatic nitrogens is 1. The van der Waals surface area contributed by atoms with Gasteiger partial charge in [-0.2, -0.15) is 0 Å². The minimum Gasteiger partial charge on any atom is -0.379 e. The third-order valence-electron chi connectivity index (χ3n) is 5.32. The zero-order valence-corrected chi connectivity index (χ0v) is 19.0.